The SMILES string of the molecule is COCCNc1nc(-c2cnc(NC(C)C)s2)cc(-c2ccccc2CNC(=O)NC2CC2)n1. The maximum atomic E-state index is 12.2. The van der Waals surface area contributed by atoms with Gasteiger partial charge in [-0.1, -0.05) is 35.6 Å². The van der Waals surface area contributed by atoms with Crippen LogP contribution in [0.1, 0.15) is 32.3 Å². The zero-order chi connectivity index (χ0) is 23.9. The van der Waals surface area contributed by atoms with Crippen molar-refractivity contribution in [3.63, 3.8) is 0 Å². The third-order valence-corrected chi connectivity index (χ3v) is 6.08. The number of urea groups is 1. The van der Waals surface area contributed by atoms with E-state index in [9.17, 15) is 4.79 Å². The van der Waals surface area contributed by atoms with Gasteiger partial charge in [-0.25, -0.2) is 19.7 Å². The van der Waals surface area contributed by atoms with E-state index in [2.05, 4.69) is 40.1 Å². The highest BCUT2D eigenvalue weighted by Crippen LogP contribution is 2.32. The highest BCUT2D eigenvalue weighted by Gasteiger charge is 2.23. The topological polar surface area (TPSA) is 113 Å². The van der Waals surface area contributed by atoms with Gasteiger partial charge < -0.3 is 26.0 Å². The second-order valence-electron chi connectivity index (χ2n) is 8.47. The molecule has 1 saturated carbocycles. The summed E-state index contributed by atoms with van der Waals surface area (Å²) in [6.07, 6.45) is 3.94. The smallest absolute Gasteiger partial charge is 0.315 e. The molecule has 4 N–H and O–H groups in total. The van der Waals surface area contributed by atoms with Crippen molar-refractivity contribution in [2.75, 3.05) is 30.9 Å². The largest absolute Gasteiger partial charge is 0.383 e. The van der Waals surface area contributed by atoms with Crippen molar-refractivity contribution in [3.05, 3.63) is 42.1 Å². The van der Waals surface area contributed by atoms with Gasteiger partial charge in [-0.3, -0.25) is 0 Å². The summed E-state index contributed by atoms with van der Waals surface area (Å²) in [6, 6.07) is 10.4. The van der Waals surface area contributed by atoms with Crippen LogP contribution in [0.5, 0.6) is 0 Å². The summed E-state index contributed by atoms with van der Waals surface area (Å²) in [5.41, 5.74) is 3.48. The number of hydrogen-bond acceptors (Lipinski definition) is 8. The van der Waals surface area contributed by atoms with E-state index in [-0.39, 0.29) is 6.03 Å². The first-order valence-corrected chi connectivity index (χ1v) is 12.3. The van der Waals surface area contributed by atoms with E-state index in [1.807, 2.05) is 36.5 Å². The van der Waals surface area contributed by atoms with Crippen LogP contribution in [0.3, 0.4) is 0 Å². The molecule has 1 fully saturated rings. The Hall–Kier alpha value is -3.24. The first-order chi connectivity index (χ1) is 16.5. The molecule has 2 aromatic heterocycles. The lowest BCUT2D eigenvalue weighted by atomic mass is 10.0. The fraction of sp³-hybridized carbons (Fsp3) is 0.417. The molecule has 0 radical (unpaired) electrons. The number of ether oxygens (including phenoxy) is 1. The molecule has 0 saturated heterocycles. The summed E-state index contributed by atoms with van der Waals surface area (Å²) in [5.74, 6) is 0.519. The molecule has 2 heterocycles. The van der Waals surface area contributed by atoms with Crippen LogP contribution in [0.25, 0.3) is 21.8 Å². The number of nitrogens with one attached hydrogen (secondary N) is 4. The van der Waals surface area contributed by atoms with Crippen molar-refractivity contribution in [2.24, 2.45) is 0 Å². The molecular formula is C24H31N7O2S. The monoisotopic (exact) mass is 481 g/mol. The van der Waals surface area contributed by atoms with Crippen LogP contribution >= 0.6 is 11.3 Å². The van der Waals surface area contributed by atoms with Crippen molar-refractivity contribution in [2.45, 2.75) is 45.3 Å². The molecule has 3 aromatic rings. The maximum Gasteiger partial charge on any atom is 0.315 e. The van der Waals surface area contributed by atoms with Gasteiger partial charge in [0.05, 0.1) is 22.9 Å². The summed E-state index contributed by atoms with van der Waals surface area (Å²) in [5, 5.41) is 13.4. The van der Waals surface area contributed by atoms with Crippen molar-refractivity contribution >= 4 is 28.4 Å². The van der Waals surface area contributed by atoms with E-state index < -0.39 is 0 Å². The van der Waals surface area contributed by atoms with Gasteiger partial charge in [0.2, 0.25) is 5.95 Å². The van der Waals surface area contributed by atoms with Crippen molar-refractivity contribution in [3.8, 4) is 21.8 Å². The third kappa shape index (κ3) is 6.64. The number of aromatic nitrogens is 3. The zero-order valence-corrected chi connectivity index (χ0v) is 20.5. The highest BCUT2D eigenvalue weighted by molar-refractivity contribution is 7.18. The minimum absolute atomic E-state index is 0.141. The summed E-state index contributed by atoms with van der Waals surface area (Å²) >= 11 is 1.55. The number of nitrogens with zero attached hydrogens (tertiary/aromatic N) is 3. The second kappa shape index (κ2) is 11.3. The number of carbonyl (C=O) groups excluding carboxylic acids is 1. The van der Waals surface area contributed by atoms with Gasteiger partial charge in [-0.15, -0.1) is 0 Å². The van der Waals surface area contributed by atoms with Crippen LogP contribution in [-0.4, -0.2) is 53.3 Å². The second-order valence-corrected chi connectivity index (χ2v) is 9.50. The quantitative estimate of drug-likeness (QED) is 0.305. The lowest BCUT2D eigenvalue weighted by molar-refractivity contribution is 0.210. The Morgan fingerprint density at radius 1 is 1.21 bits per heavy atom. The van der Waals surface area contributed by atoms with Gasteiger partial charge in [0.1, 0.15) is 0 Å². The van der Waals surface area contributed by atoms with E-state index in [1.54, 1.807) is 18.4 Å². The Morgan fingerprint density at radius 2 is 2.00 bits per heavy atom. The van der Waals surface area contributed by atoms with Gasteiger partial charge >= 0.3 is 6.03 Å². The van der Waals surface area contributed by atoms with Crippen molar-refractivity contribution in [1.29, 1.82) is 0 Å². The summed E-state index contributed by atoms with van der Waals surface area (Å²) < 4.78 is 5.16. The number of thiazole rings is 1. The van der Waals surface area contributed by atoms with Crippen LogP contribution in [0.4, 0.5) is 15.9 Å². The number of methoxy groups -OCH3 is 1. The number of rotatable bonds is 11. The molecule has 10 heteroatoms. The van der Waals surface area contributed by atoms with Crippen LogP contribution in [0.2, 0.25) is 0 Å². The van der Waals surface area contributed by atoms with E-state index >= 15 is 0 Å². The lowest BCUT2D eigenvalue weighted by Crippen LogP contribution is -2.36. The fourth-order valence-electron chi connectivity index (χ4n) is 3.33. The van der Waals surface area contributed by atoms with Gasteiger partial charge in [-0.2, -0.15) is 0 Å². The first-order valence-electron chi connectivity index (χ1n) is 11.5. The molecule has 34 heavy (non-hydrogen) atoms. The lowest BCUT2D eigenvalue weighted by Gasteiger charge is -2.13. The first kappa shape index (κ1) is 23.9. The van der Waals surface area contributed by atoms with Crippen LogP contribution in [0.15, 0.2) is 36.5 Å². The molecule has 0 aliphatic heterocycles. The average molecular weight is 482 g/mol. The molecule has 0 atom stereocenters. The molecule has 0 bridgehead atoms. The van der Waals surface area contributed by atoms with Crippen molar-refractivity contribution in [1.82, 2.24) is 25.6 Å². The molecule has 0 spiro atoms. The maximum absolute atomic E-state index is 12.2. The fourth-order valence-corrected chi connectivity index (χ4v) is 4.25. The summed E-state index contributed by atoms with van der Waals surface area (Å²) in [6.45, 7) is 5.70. The third-order valence-electron chi connectivity index (χ3n) is 5.13. The number of benzene rings is 1. The Bertz CT molecular complexity index is 1110. The standard InChI is InChI=1S/C24H31N7O2S/c1-15(2)28-24-27-14-21(34-24)20-12-19(30-22(31-20)25-10-11-33-3)18-7-5-4-6-16(18)13-26-23(32)29-17-8-9-17/h4-7,12,14-15,17H,8-11,13H2,1-3H3,(H,27,28)(H,25,30,31)(H2,26,29,32). The van der Waals surface area contributed by atoms with E-state index in [0.29, 0.717) is 37.7 Å². The van der Waals surface area contributed by atoms with Gasteiger partial charge in [0, 0.05) is 44.0 Å². The van der Waals surface area contributed by atoms with Crippen LogP contribution in [0, 0.1) is 0 Å². The van der Waals surface area contributed by atoms with E-state index in [1.165, 1.54) is 0 Å². The number of carbonyl (C=O) groups is 1. The molecular weight excluding hydrogens is 450 g/mol. The van der Waals surface area contributed by atoms with E-state index in [0.717, 1.165) is 45.4 Å². The molecule has 4 rings (SSSR count). The number of anilines is 2. The van der Waals surface area contributed by atoms with Crippen LogP contribution in [-0.2, 0) is 11.3 Å². The predicted octanol–water partition coefficient (Wildman–Crippen LogP) is 4.11. The Kier molecular flexibility index (Phi) is 7.91. The van der Waals surface area contributed by atoms with Gasteiger partial charge in [-0.05, 0) is 38.3 Å². The Morgan fingerprint density at radius 3 is 2.76 bits per heavy atom. The normalized spacial score (nSPS) is 13.1. The van der Waals surface area contributed by atoms with E-state index in [4.69, 9.17) is 14.7 Å². The predicted molar refractivity (Wildman–Crippen MR) is 136 cm³/mol. The van der Waals surface area contributed by atoms with Gasteiger partial charge in [0.25, 0.3) is 0 Å². The highest BCUT2D eigenvalue weighted by atomic mass is 32.1. The molecule has 180 valence electrons. The van der Waals surface area contributed by atoms with Gasteiger partial charge in [0.15, 0.2) is 5.13 Å². The zero-order valence-electron chi connectivity index (χ0n) is 19.7. The number of hydrogen-bond donors (Lipinski definition) is 4. The minimum Gasteiger partial charge on any atom is -0.383 e. The molecule has 0 unspecified atom stereocenters. The Balaban J connectivity index is 1.62. The minimum atomic E-state index is -0.141. The molecule has 9 nitrogen and oxygen atoms in total. The molecule has 2 amide bonds. The Labute approximate surface area is 203 Å². The van der Waals surface area contributed by atoms with Crippen LogP contribution < -0.4 is 21.3 Å². The summed E-state index contributed by atoms with van der Waals surface area (Å²) in [7, 11) is 1.66. The van der Waals surface area contributed by atoms with Crippen molar-refractivity contribution < 1.29 is 9.53 Å². The molecule has 1 aliphatic rings. The number of amides is 2. The molecule has 1 aliphatic carbocycles. The molecule has 1 aromatic carbocycles. The average Bonchev–Trinajstić information content (AvgIpc) is 3.52. The summed E-state index contributed by atoms with van der Waals surface area (Å²) in [4.78, 5) is 27.1.